The van der Waals surface area contributed by atoms with Crippen molar-refractivity contribution in [2.24, 2.45) is 11.8 Å². The molecule has 0 aliphatic rings. The van der Waals surface area contributed by atoms with Crippen LogP contribution in [-0.4, -0.2) is 37.2 Å². The smallest absolute Gasteiger partial charge is 0.306 e. The fourth-order valence-corrected chi connectivity index (χ4v) is 8.52. The molecule has 1 atom stereocenters. The van der Waals surface area contributed by atoms with Gasteiger partial charge >= 0.3 is 17.9 Å². The van der Waals surface area contributed by atoms with Crippen LogP contribution in [0.2, 0.25) is 0 Å². The third kappa shape index (κ3) is 49.4. The monoisotopic (exact) mass is 877 g/mol. The predicted octanol–water partition coefficient (Wildman–Crippen LogP) is 18.1. The maximum absolute atomic E-state index is 12.8. The third-order valence-corrected chi connectivity index (χ3v) is 12.7. The first-order valence-corrected chi connectivity index (χ1v) is 27.7. The molecule has 0 aliphatic heterocycles. The second-order valence-corrected chi connectivity index (χ2v) is 20.2. The highest BCUT2D eigenvalue weighted by molar-refractivity contribution is 5.71. The summed E-state index contributed by atoms with van der Waals surface area (Å²) in [7, 11) is 0. The normalized spacial score (nSPS) is 12.0. The molecule has 0 spiro atoms. The third-order valence-electron chi connectivity index (χ3n) is 12.7. The lowest BCUT2D eigenvalue weighted by atomic mass is 10.0. The van der Waals surface area contributed by atoms with Crippen LogP contribution in [0.5, 0.6) is 0 Å². The van der Waals surface area contributed by atoms with Gasteiger partial charge in [-0.2, -0.15) is 0 Å². The standard InChI is InChI=1S/C56H108O6/c1-6-7-8-9-10-11-12-13-21-25-28-31-38-43-48-56(59)62-53(50-61-55(58)47-42-37-33-32-35-40-45-52(4)5)49-60-54(57)46-41-36-30-27-24-22-19-17-15-14-16-18-20-23-26-29-34-39-44-51(2)3/h51-53H,6-50H2,1-5H3/t53-/m0/s1. The first kappa shape index (κ1) is 60.4. The molecule has 0 aliphatic carbocycles. The zero-order chi connectivity index (χ0) is 45.4. The van der Waals surface area contributed by atoms with E-state index in [1.807, 2.05) is 0 Å². The molecule has 0 amide bonds. The maximum atomic E-state index is 12.8. The summed E-state index contributed by atoms with van der Waals surface area (Å²) in [5, 5.41) is 0. The van der Waals surface area contributed by atoms with Crippen molar-refractivity contribution in [2.75, 3.05) is 13.2 Å². The van der Waals surface area contributed by atoms with E-state index < -0.39 is 6.10 Å². The van der Waals surface area contributed by atoms with Crippen molar-refractivity contribution in [1.82, 2.24) is 0 Å². The van der Waals surface area contributed by atoms with Gasteiger partial charge in [0.05, 0.1) is 0 Å². The highest BCUT2D eigenvalue weighted by Crippen LogP contribution is 2.18. The molecule has 0 radical (unpaired) electrons. The first-order valence-electron chi connectivity index (χ1n) is 27.7. The summed E-state index contributed by atoms with van der Waals surface area (Å²) in [5.41, 5.74) is 0. The van der Waals surface area contributed by atoms with Crippen molar-refractivity contribution in [3.63, 3.8) is 0 Å². The molecule has 0 aromatic carbocycles. The fraction of sp³-hybridized carbons (Fsp3) is 0.946. The van der Waals surface area contributed by atoms with E-state index in [0.717, 1.165) is 69.6 Å². The number of unbranched alkanes of at least 4 members (excludes halogenated alkanes) is 35. The van der Waals surface area contributed by atoms with Crippen LogP contribution in [-0.2, 0) is 28.6 Å². The van der Waals surface area contributed by atoms with Crippen molar-refractivity contribution < 1.29 is 28.6 Å². The molecule has 0 N–H and O–H groups in total. The average molecular weight is 877 g/mol. The predicted molar refractivity (Wildman–Crippen MR) is 266 cm³/mol. The summed E-state index contributed by atoms with van der Waals surface area (Å²) in [5.74, 6) is 0.774. The number of hydrogen-bond acceptors (Lipinski definition) is 6. The van der Waals surface area contributed by atoms with Gasteiger partial charge in [-0.15, -0.1) is 0 Å². The van der Waals surface area contributed by atoms with Crippen molar-refractivity contribution in [3.8, 4) is 0 Å². The molecular weight excluding hydrogens is 769 g/mol. The number of carbonyl (C=O) groups excluding carboxylic acids is 3. The molecule has 62 heavy (non-hydrogen) atoms. The van der Waals surface area contributed by atoms with Gasteiger partial charge < -0.3 is 14.2 Å². The molecular formula is C56H108O6. The van der Waals surface area contributed by atoms with Gasteiger partial charge in [-0.1, -0.05) is 272 Å². The first-order chi connectivity index (χ1) is 30.2. The highest BCUT2D eigenvalue weighted by Gasteiger charge is 2.19. The summed E-state index contributed by atoms with van der Waals surface area (Å²) in [6.07, 6.45) is 51.1. The van der Waals surface area contributed by atoms with Gasteiger partial charge in [0.2, 0.25) is 0 Å². The number of hydrogen-bond donors (Lipinski definition) is 0. The Kier molecular flexibility index (Phi) is 47.6. The van der Waals surface area contributed by atoms with E-state index in [-0.39, 0.29) is 31.1 Å². The van der Waals surface area contributed by atoms with E-state index in [1.54, 1.807) is 0 Å². The van der Waals surface area contributed by atoms with Gasteiger partial charge in [0, 0.05) is 19.3 Å². The Morgan fingerprint density at radius 3 is 0.790 bits per heavy atom. The van der Waals surface area contributed by atoms with E-state index >= 15 is 0 Å². The van der Waals surface area contributed by atoms with Crippen molar-refractivity contribution in [3.05, 3.63) is 0 Å². The van der Waals surface area contributed by atoms with Crippen LogP contribution in [0.3, 0.4) is 0 Å². The lowest BCUT2D eigenvalue weighted by Crippen LogP contribution is -2.30. The van der Waals surface area contributed by atoms with E-state index in [0.29, 0.717) is 19.3 Å². The largest absolute Gasteiger partial charge is 0.462 e. The Bertz CT molecular complexity index is 947. The quantitative estimate of drug-likeness (QED) is 0.0344. The van der Waals surface area contributed by atoms with Crippen molar-refractivity contribution >= 4 is 17.9 Å². The van der Waals surface area contributed by atoms with Crippen LogP contribution in [0.25, 0.3) is 0 Å². The van der Waals surface area contributed by atoms with Crippen LogP contribution >= 0.6 is 0 Å². The summed E-state index contributed by atoms with van der Waals surface area (Å²) in [6.45, 7) is 11.3. The van der Waals surface area contributed by atoms with Crippen LogP contribution in [0.4, 0.5) is 0 Å². The second kappa shape index (κ2) is 48.9. The Morgan fingerprint density at radius 1 is 0.306 bits per heavy atom. The topological polar surface area (TPSA) is 78.9 Å². The van der Waals surface area contributed by atoms with Gasteiger partial charge in [-0.3, -0.25) is 14.4 Å². The fourth-order valence-electron chi connectivity index (χ4n) is 8.52. The summed E-state index contributed by atoms with van der Waals surface area (Å²) >= 11 is 0. The van der Waals surface area contributed by atoms with Crippen LogP contribution in [0.15, 0.2) is 0 Å². The lowest BCUT2D eigenvalue weighted by Gasteiger charge is -2.18. The van der Waals surface area contributed by atoms with E-state index in [1.165, 1.54) is 199 Å². The molecule has 368 valence electrons. The van der Waals surface area contributed by atoms with Crippen molar-refractivity contribution in [1.29, 1.82) is 0 Å². The number of esters is 3. The Labute approximate surface area is 387 Å². The molecule has 0 saturated carbocycles. The molecule has 0 saturated heterocycles. The molecule has 0 aromatic rings. The van der Waals surface area contributed by atoms with Gasteiger partial charge in [0.15, 0.2) is 6.10 Å². The molecule has 0 fully saturated rings. The van der Waals surface area contributed by atoms with Gasteiger partial charge in [0.1, 0.15) is 13.2 Å². The second-order valence-electron chi connectivity index (χ2n) is 20.2. The van der Waals surface area contributed by atoms with Crippen LogP contribution in [0.1, 0.15) is 311 Å². The van der Waals surface area contributed by atoms with Gasteiger partial charge in [-0.05, 0) is 31.1 Å². The molecule has 6 heteroatoms. The summed E-state index contributed by atoms with van der Waals surface area (Å²) in [6, 6.07) is 0. The van der Waals surface area contributed by atoms with Crippen LogP contribution in [0, 0.1) is 11.8 Å². The minimum Gasteiger partial charge on any atom is -0.462 e. The molecule has 6 nitrogen and oxygen atoms in total. The number of ether oxygens (including phenoxy) is 3. The molecule has 0 rings (SSSR count). The summed E-state index contributed by atoms with van der Waals surface area (Å²) < 4.78 is 16.8. The van der Waals surface area contributed by atoms with E-state index in [2.05, 4.69) is 34.6 Å². The Hall–Kier alpha value is -1.59. The van der Waals surface area contributed by atoms with Crippen LogP contribution < -0.4 is 0 Å². The van der Waals surface area contributed by atoms with E-state index in [9.17, 15) is 14.4 Å². The minimum absolute atomic E-state index is 0.0638. The number of carbonyl (C=O) groups is 3. The van der Waals surface area contributed by atoms with Gasteiger partial charge in [0.25, 0.3) is 0 Å². The minimum atomic E-state index is -0.762. The SMILES string of the molecule is CCCCCCCCCCCCCCCCC(=O)O[C@@H](COC(=O)CCCCCCCCCCCCCCCCCCCCC(C)C)COC(=O)CCCCCCCCC(C)C. The summed E-state index contributed by atoms with van der Waals surface area (Å²) in [4.78, 5) is 38.0. The number of rotatable bonds is 50. The molecule has 0 heterocycles. The maximum Gasteiger partial charge on any atom is 0.306 e. The average Bonchev–Trinajstić information content (AvgIpc) is 3.24. The highest BCUT2D eigenvalue weighted by atomic mass is 16.6. The molecule has 0 bridgehead atoms. The zero-order valence-electron chi connectivity index (χ0n) is 42.5. The lowest BCUT2D eigenvalue weighted by molar-refractivity contribution is -0.167. The molecule has 0 aromatic heterocycles. The van der Waals surface area contributed by atoms with Gasteiger partial charge in [-0.25, -0.2) is 0 Å². The Balaban J connectivity index is 4.18. The molecule has 0 unspecified atom stereocenters. The van der Waals surface area contributed by atoms with Crippen molar-refractivity contribution in [2.45, 2.75) is 317 Å². The zero-order valence-corrected chi connectivity index (χ0v) is 42.5. The van der Waals surface area contributed by atoms with E-state index in [4.69, 9.17) is 14.2 Å². The Morgan fingerprint density at radius 2 is 0.532 bits per heavy atom.